The Bertz CT molecular complexity index is 605. The van der Waals surface area contributed by atoms with E-state index in [0.717, 1.165) is 12.8 Å². The molecule has 1 aliphatic rings. The molecule has 21 heavy (non-hydrogen) atoms. The van der Waals surface area contributed by atoms with Crippen molar-refractivity contribution in [3.63, 3.8) is 0 Å². The summed E-state index contributed by atoms with van der Waals surface area (Å²) in [4.78, 5) is 14.1. The molecule has 1 fully saturated rings. The van der Waals surface area contributed by atoms with E-state index in [1.807, 2.05) is 0 Å². The maximum atomic E-state index is 12.9. The molecule has 0 bridgehead atoms. The Kier molecular flexibility index (Phi) is 3.75. The second-order valence-corrected chi connectivity index (χ2v) is 5.27. The molecule has 0 radical (unpaired) electrons. The van der Waals surface area contributed by atoms with Crippen LogP contribution in [0.25, 0.3) is 0 Å². The molecule has 0 spiro atoms. The molecular weight excluding hydrogens is 273 g/mol. The molecule has 1 heterocycles. The van der Waals surface area contributed by atoms with E-state index in [0.29, 0.717) is 11.1 Å². The quantitative estimate of drug-likeness (QED) is 0.921. The molecule has 3 rings (SSSR count). The Morgan fingerprint density at radius 2 is 2.05 bits per heavy atom. The molecule has 4 nitrogen and oxygen atoms in total. The van der Waals surface area contributed by atoms with Gasteiger partial charge >= 0.3 is 0 Å². The van der Waals surface area contributed by atoms with E-state index in [4.69, 9.17) is 4.42 Å². The Hall–Kier alpha value is -2.14. The van der Waals surface area contributed by atoms with E-state index < -0.39 is 6.10 Å². The number of halogens is 1. The number of aliphatic hydroxyl groups is 1. The van der Waals surface area contributed by atoms with Crippen molar-refractivity contribution in [2.75, 3.05) is 6.54 Å². The van der Waals surface area contributed by atoms with E-state index in [2.05, 4.69) is 0 Å². The third-order valence-corrected chi connectivity index (χ3v) is 3.64. The van der Waals surface area contributed by atoms with E-state index in [1.54, 1.807) is 11.0 Å². The van der Waals surface area contributed by atoms with E-state index >= 15 is 0 Å². The summed E-state index contributed by atoms with van der Waals surface area (Å²) in [5.74, 6) is -0.494. The van der Waals surface area contributed by atoms with Gasteiger partial charge in [-0.15, -0.1) is 0 Å². The van der Waals surface area contributed by atoms with Crippen molar-refractivity contribution in [3.8, 4) is 0 Å². The molecule has 0 aliphatic heterocycles. The minimum Gasteiger partial charge on any atom is -0.472 e. The van der Waals surface area contributed by atoms with Crippen LogP contribution in [0.1, 0.15) is 34.9 Å². The van der Waals surface area contributed by atoms with E-state index in [1.165, 1.54) is 36.8 Å². The van der Waals surface area contributed by atoms with Crippen LogP contribution in [-0.2, 0) is 0 Å². The van der Waals surface area contributed by atoms with Gasteiger partial charge in [-0.1, -0.05) is 12.1 Å². The Morgan fingerprint density at radius 3 is 2.62 bits per heavy atom. The van der Waals surface area contributed by atoms with Crippen LogP contribution in [0.5, 0.6) is 0 Å². The highest BCUT2D eigenvalue weighted by Gasteiger charge is 2.34. The first kappa shape index (κ1) is 13.8. The summed E-state index contributed by atoms with van der Waals surface area (Å²) in [6, 6.07) is 7.46. The third-order valence-electron chi connectivity index (χ3n) is 3.64. The number of nitrogens with zero attached hydrogens (tertiary/aromatic N) is 1. The third kappa shape index (κ3) is 3.13. The fourth-order valence-corrected chi connectivity index (χ4v) is 2.31. The lowest BCUT2D eigenvalue weighted by atomic mass is 10.1. The smallest absolute Gasteiger partial charge is 0.257 e. The molecule has 5 heteroatoms. The standard InChI is InChI=1S/C16H16FNO3/c17-13-3-1-11(2-4-13)15(19)9-18(14-5-6-14)16(20)12-7-8-21-10-12/h1-4,7-8,10,14-15,19H,5-6,9H2. The van der Waals surface area contributed by atoms with Crippen LogP contribution in [0.15, 0.2) is 47.3 Å². The lowest BCUT2D eigenvalue weighted by Gasteiger charge is -2.25. The fourth-order valence-electron chi connectivity index (χ4n) is 2.31. The average molecular weight is 289 g/mol. The first-order valence-corrected chi connectivity index (χ1v) is 6.92. The number of hydrogen-bond acceptors (Lipinski definition) is 3. The number of furan rings is 1. The predicted molar refractivity (Wildman–Crippen MR) is 74.1 cm³/mol. The highest BCUT2D eigenvalue weighted by Crippen LogP contribution is 2.30. The summed E-state index contributed by atoms with van der Waals surface area (Å²) >= 11 is 0. The van der Waals surface area contributed by atoms with Gasteiger partial charge in [0.15, 0.2) is 0 Å². The maximum Gasteiger partial charge on any atom is 0.257 e. The lowest BCUT2D eigenvalue weighted by Crippen LogP contribution is -2.36. The first-order valence-electron chi connectivity index (χ1n) is 6.92. The number of hydrogen-bond donors (Lipinski definition) is 1. The van der Waals surface area contributed by atoms with Gasteiger partial charge in [0.05, 0.1) is 24.5 Å². The Labute approximate surface area is 121 Å². The Morgan fingerprint density at radius 1 is 1.33 bits per heavy atom. The van der Waals surface area contributed by atoms with Crippen molar-refractivity contribution >= 4 is 5.91 Å². The number of benzene rings is 1. The molecular formula is C16H16FNO3. The van der Waals surface area contributed by atoms with Crippen LogP contribution in [0.3, 0.4) is 0 Å². The highest BCUT2D eigenvalue weighted by atomic mass is 19.1. The minimum atomic E-state index is -0.831. The van der Waals surface area contributed by atoms with Crippen LogP contribution in [0.4, 0.5) is 4.39 Å². The van der Waals surface area contributed by atoms with Gasteiger partial charge in [0.2, 0.25) is 0 Å². The van der Waals surface area contributed by atoms with Gasteiger partial charge in [-0.05, 0) is 36.6 Å². The van der Waals surface area contributed by atoms with Crippen LogP contribution in [0.2, 0.25) is 0 Å². The second kappa shape index (κ2) is 5.69. The number of aliphatic hydroxyl groups excluding tert-OH is 1. The van der Waals surface area contributed by atoms with Gasteiger partial charge < -0.3 is 14.4 Å². The Balaban J connectivity index is 1.73. The molecule has 1 N–H and O–H groups in total. The zero-order valence-electron chi connectivity index (χ0n) is 11.4. The van der Waals surface area contributed by atoms with Crippen molar-refractivity contribution < 1.29 is 18.7 Å². The highest BCUT2D eigenvalue weighted by molar-refractivity contribution is 5.94. The molecule has 1 aromatic carbocycles. The molecule has 0 saturated heterocycles. The first-order chi connectivity index (χ1) is 10.1. The molecule has 1 amide bonds. The van der Waals surface area contributed by atoms with Crippen LogP contribution < -0.4 is 0 Å². The van der Waals surface area contributed by atoms with Crippen molar-refractivity contribution in [3.05, 3.63) is 59.8 Å². The zero-order chi connectivity index (χ0) is 14.8. The lowest BCUT2D eigenvalue weighted by molar-refractivity contribution is 0.0602. The maximum absolute atomic E-state index is 12.9. The number of amides is 1. The summed E-state index contributed by atoms with van der Waals surface area (Å²) < 4.78 is 17.8. The molecule has 1 atom stereocenters. The number of carbonyl (C=O) groups is 1. The molecule has 1 unspecified atom stereocenters. The molecule has 1 aromatic heterocycles. The summed E-state index contributed by atoms with van der Waals surface area (Å²) in [7, 11) is 0. The summed E-state index contributed by atoms with van der Waals surface area (Å²) in [5.41, 5.74) is 1.08. The fraction of sp³-hybridized carbons (Fsp3) is 0.312. The van der Waals surface area contributed by atoms with Crippen molar-refractivity contribution in [1.29, 1.82) is 0 Å². The molecule has 2 aromatic rings. The number of rotatable bonds is 5. The SMILES string of the molecule is O=C(c1ccoc1)N(CC(O)c1ccc(F)cc1)C1CC1. The van der Waals surface area contributed by atoms with Gasteiger partial charge in [-0.3, -0.25) is 4.79 Å². The van der Waals surface area contributed by atoms with Crippen LogP contribution in [0, 0.1) is 5.82 Å². The van der Waals surface area contributed by atoms with Crippen LogP contribution >= 0.6 is 0 Å². The normalized spacial score (nSPS) is 15.7. The summed E-state index contributed by atoms with van der Waals surface area (Å²) in [5, 5.41) is 10.3. The van der Waals surface area contributed by atoms with Crippen LogP contribution in [-0.4, -0.2) is 28.5 Å². The molecule has 110 valence electrons. The monoisotopic (exact) mass is 289 g/mol. The van der Waals surface area contributed by atoms with Crippen molar-refractivity contribution in [2.45, 2.75) is 25.0 Å². The van der Waals surface area contributed by atoms with E-state index in [-0.39, 0.29) is 24.3 Å². The second-order valence-electron chi connectivity index (χ2n) is 5.27. The largest absolute Gasteiger partial charge is 0.472 e. The van der Waals surface area contributed by atoms with Crippen molar-refractivity contribution in [1.82, 2.24) is 4.90 Å². The summed E-state index contributed by atoms with van der Waals surface area (Å²) in [6.07, 6.45) is 3.91. The zero-order valence-corrected chi connectivity index (χ0v) is 11.4. The van der Waals surface area contributed by atoms with Gasteiger partial charge in [0, 0.05) is 6.04 Å². The topological polar surface area (TPSA) is 53.7 Å². The van der Waals surface area contributed by atoms with E-state index in [9.17, 15) is 14.3 Å². The summed E-state index contributed by atoms with van der Waals surface area (Å²) in [6.45, 7) is 0.195. The molecule has 1 aliphatic carbocycles. The van der Waals surface area contributed by atoms with Crippen molar-refractivity contribution in [2.24, 2.45) is 0 Å². The van der Waals surface area contributed by atoms with Gasteiger partial charge in [-0.25, -0.2) is 4.39 Å². The number of carbonyl (C=O) groups excluding carboxylic acids is 1. The van der Waals surface area contributed by atoms with Gasteiger partial charge in [-0.2, -0.15) is 0 Å². The predicted octanol–water partition coefficient (Wildman–Crippen LogP) is 2.76. The minimum absolute atomic E-state index is 0.146. The molecule has 1 saturated carbocycles. The average Bonchev–Trinajstić information content (AvgIpc) is 3.18. The van der Waals surface area contributed by atoms with Gasteiger partial charge in [0.25, 0.3) is 5.91 Å². The van der Waals surface area contributed by atoms with Gasteiger partial charge in [0.1, 0.15) is 12.1 Å².